The van der Waals surface area contributed by atoms with Crippen LogP contribution >= 0.6 is 0 Å². The van der Waals surface area contributed by atoms with Crippen LogP contribution in [0.2, 0.25) is 12.6 Å². The summed E-state index contributed by atoms with van der Waals surface area (Å²) in [6, 6.07) is 23.9. The molecule has 0 fully saturated rings. The van der Waals surface area contributed by atoms with E-state index in [4.69, 9.17) is 0 Å². The van der Waals surface area contributed by atoms with E-state index in [2.05, 4.69) is 88.0 Å². The van der Waals surface area contributed by atoms with E-state index in [1.807, 2.05) is 0 Å². The van der Waals surface area contributed by atoms with Crippen LogP contribution in [0.5, 0.6) is 0 Å². The fraction of sp³-hybridized carbons (Fsp3) is 0.318. The molecule has 2 radical (unpaired) electrons. The molecule has 122 valence electrons. The summed E-state index contributed by atoms with van der Waals surface area (Å²) >= 11 is 0. The van der Waals surface area contributed by atoms with E-state index in [0.717, 1.165) is 6.42 Å². The Morgan fingerprint density at radius 3 is 2.29 bits per heavy atom. The topological polar surface area (TPSA) is 0 Å². The van der Waals surface area contributed by atoms with Crippen molar-refractivity contribution in [3.8, 4) is 0 Å². The first-order chi connectivity index (χ1) is 10.9. The van der Waals surface area contributed by atoms with Crippen molar-refractivity contribution in [1.82, 2.24) is 0 Å². The largest absolute Gasteiger partial charge is 0.150 e. The normalized spacial score (nSPS) is 11.7. The van der Waals surface area contributed by atoms with E-state index in [0.29, 0.717) is 5.41 Å². The van der Waals surface area contributed by atoms with Gasteiger partial charge in [0.05, 0.1) is 8.80 Å². The molecule has 0 heterocycles. The first-order valence-electron chi connectivity index (χ1n) is 8.47. The Hall–Kier alpha value is -0.629. The van der Waals surface area contributed by atoms with Gasteiger partial charge >= 0.3 is 0 Å². The van der Waals surface area contributed by atoms with Crippen molar-refractivity contribution in [3.05, 3.63) is 71.8 Å². The van der Waals surface area contributed by atoms with Gasteiger partial charge in [-0.15, -0.1) is 46.7 Å². The van der Waals surface area contributed by atoms with Gasteiger partial charge in [-0.1, -0.05) is 74.4 Å². The minimum absolute atomic E-state index is 0. The van der Waals surface area contributed by atoms with E-state index in [-0.39, 0.29) is 32.7 Å². The van der Waals surface area contributed by atoms with Crippen LogP contribution < -0.4 is 5.19 Å². The number of hydrogen-bond acceptors (Lipinski definition) is 0. The molecule has 2 heteroatoms. The van der Waals surface area contributed by atoms with Crippen LogP contribution in [0.25, 0.3) is 10.8 Å². The van der Waals surface area contributed by atoms with Gasteiger partial charge in [0, 0.05) is 32.7 Å². The third-order valence-electron chi connectivity index (χ3n) is 4.41. The van der Waals surface area contributed by atoms with Gasteiger partial charge in [-0.3, -0.25) is 0 Å². The molecule has 3 rings (SSSR count). The third-order valence-corrected chi connectivity index (χ3v) is 7.32. The summed E-state index contributed by atoms with van der Waals surface area (Å²) in [6.45, 7) is 9.47. The smallest absolute Gasteiger partial charge is 0.0829 e. The molecule has 0 aliphatic carbocycles. The van der Waals surface area contributed by atoms with Crippen LogP contribution in [-0.4, -0.2) is 8.80 Å². The SMILES string of the molecule is C[Si](CC(C)(C)C)c1ccc(Cc2c[cH-]c3ccccc23)cc1.[Y]. The average molecular weight is 407 g/mol. The second kappa shape index (κ2) is 8.17. The molecule has 0 aromatic heterocycles. The molecule has 0 spiro atoms. The minimum atomic E-state index is -0.437. The van der Waals surface area contributed by atoms with Gasteiger partial charge in [-0.25, -0.2) is 0 Å². The van der Waals surface area contributed by atoms with Gasteiger partial charge in [-0.05, 0) is 11.8 Å². The van der Waals surface area contributed by atoms with Gasteiger partial charge < -0.3 is 0 Å². The second-order valence-corrected chi connectivity index (χ2v) is 10.3. The maximum absolute atomic E-state index is 2.44. The summed E-state index contributed by atoms with van der Waals surface area (Å²) in [5, 5.41) is 4.30. The van der Waals surface area contributed by atoms with Crippen molar-refractivity contribution in [3.63, 3.8) is 0 Å². The van der Waals surface area contributed by atoms with E-state index < -0.39 is 8.80 Å². The van der Waals surface area contributed by atoms with Crippen LogP contribution in [0.4, 0.5) is 0 Å². The van der Waals surface area contributed by atoms with Crippen LogP contribution in [0.3, 0.4) is 0 Å². The van der Waals surface area contributed by atoms with Crippen LogP contribution in [0.15, 0.2) is 60.7 Å². The predicted molar refractivity (Wildman–Crippen MR) is 104 cm³/mol. The maximum Gasteiger partial charge on any atom is 0.0829 e. The van der Waals surface area contributed by atoms with Gasteiger partial charge in [0.15, 0.2) is 0 Å². The molecular weight excluding hydrogens is 381 g/mol. The molecule has 0 amide bonds. The standard InChI is InChI=1S/C22H26Si.Y/c1-22(2,3)16-23(4)20-13-9-17(10-14-20)15-19-12-11-18-7-5-6-8-21(18)19;/h5-14H,15-16H2,1-4H3;/q-1;. The minimum Gasteiger partial charge on any atom is -0.150 e. The Morgan fingerprint density at radius 1 is 0.958 bits per heavy atom. The number of fused-ring (bicyclic) bond motifs is 1. The summed E-state index contributed by atoms with van der Waals surface area (Å²) in [7, 11) is -0.437. The van der Waals surface area contributed by atoms with Gasteiger partial charge in [0.25, 0.3) is 0 Å². The zero-order chi connectivity index (χ0) is 16.4. The molecule has 24 heavy (non-hydrogen) atoms. The number of benzene rings is 2. The van der Waals surface area contributed by atoms with E-state index in [1.54, 1.807) is 5.19 Å². The quantitative estimate of drug-likeness (QED) is 0.394. The summed E-state index contributed by atoms with van der Waals surface area (Å²) < 4.78 is 0. The fourth-order valence-electron chi connectivity index (χ4n) is 3.39. The first kappa shape index (κ1) is 19.7. The molecule has 0 aliphatic rings. The molecule has 0 atom stereocenters. The Bertz CT molecular complexity index is 778. The summed E-state index contributed by atoms with van der Waals surface area (Å²) in [5.74, 6) is 0. The van der Waals surface area contributed by atoms with Crippen molar-refractivity contribution < 1.29 is 32.7 Å². The van der Waals surface area contributed by atoms with Gasteiger partial charge in [-0.2, -0.15) is 0 Å². The maximum atomic E-state index is 2.44. The number of hydrogen-bond donors (Lipinski definition) is 0. The molecule has 0 bridgehead atoms. The zero-order valence-electron chi connectivity index (χ0n) is 15.3. The van der Waals surface area contributed by atoms with Gasteiger partial charge in [0.2, 0.25) is 0 Å². The van der Waals surface area contributed by atoms with Crippen molar-refractivity contribution in [1.29, 1.82) is 0 Å². The summed E-state index contributed by atoms with van der Waals surface area (Å²) in [6.07, 6.45) is 1.03. The Balaban J connectivity index is 0.00000208. The van der Waals surface area contributed by atoms with Crippen molar-refractivity contribution in [2.75, 3.05) is 0 Å². The molecule has 3 aromatic carbocycles. The molecule has 0 saturated carbocycles. The van der Waals surface area contributed by atoms with E-state index in [1.165, 1.54) is 27.9 Å². The Labute approximate surface area is 173 Å². The molecule has 3 aromatic rings. The van der Waals surface area contributed by atoms with Crippen LogP contribution in [-0.2, 0) is 39.1 Å². The Kier molecular flexibility index (Phi) is 6.70. The first-order valence-corrected chi connectivity index (χ1v) is 10.7. The monoisotopic (exact) mass is 407 g/mol. The van der Waals surface area contributed by atoms with Crippen molar-refractivity contribution in [2.45, 2.75) is 39.8 Å². The predicted octanol–water partition coefficient (Wildman–Crippen LogP) is 5.52. The van der Waals surface area contributed by atoms with E-state index in [9.17, 15) is 0 Å². The van der Waals surface area contributed by atoms with Crippen LogP contribution in [0, 0.1) is 5.41 Å². The molecule has 0 unspecified atom stereocenters. The second-order valence-electron chi connectivity index (χ2n) is 7.84. The van der Waals surface area contributed by atoms with E-state index >= 15 is 0 Å². The molecule has 0 nitrogen and oxygen atoms in total. The summed E-state index contributed by atoms with van der Waals surface area (Å²) in [5.41, 5.74) is 3.27. The summed E-state index contributed by atoms with van der Waals surface area (Å²) in [4.78, 5) is 0. The van der Waals surface area contributed by atoms with Crippen molar-refractivity contribution in [2.24, 2.45) is 5.41 Å². The molecule has 0 aliphatic heterocycles. The molecular formula is C22H26SiY-. The molecule has 0 saturated heterocycles. The molecule has 0 N–H and O–H groups in total. The van der Waals surface area contributed by atoms with Gasteiger partial charge in [0.1, 0.15) is 0 Å². The van der Waals surface area contributed by atoms with Crippen LogP contribution in [0.1, 0.15) is 31.9 Å². The van der Waals surface area contributed by atoms with Crippen molar-refractivity contribution >= 4 is 24.8 Å². The zero-order valence-corrected chi connectivity index (χ0v) is 19.1. The average Bonchev–Trinajstić information content (AvgIpc) is 2.90. The number of rotatable bonds is 4. The fourth-order valence-corrected chi connectivity index (χ4v) is 5.92. The Morgan fingerprint density at radius 2 is 1.62 bits per heavy atom. The third kappa shape index (κ3) is 4.94.